The van der Waals surface area contributed by atoms with Crippen molar-refractivity contribution in [2.75, 3.05) is 13.7 Å². The molecule has 0 aromatic carbocycles. The lowest BCUT2D eigenvalue weighted by Crippen LogP contribution is -2.45. The van der Waals surface area contributed by atoms with Crippen molar-refractivity contribution in [3.05, 3.63) is 34.7 Å². The summed E-state index contributed by atoms with van der Waals surface area (Å²) >= 11 is 3.35. The number of likely N-dealkylation sites (tertiary alicyclic amines) is 1. The van der Waals surface area contributed by atoms with Crippen LogP contribution in [0.1, 0.15) is 45.1 Å². The second-order valence-electron chi connectivity index (χ2n) is 7.64. The molecule has 2 aliphatic rings. The number of ether oxygens (including phenoxy) is 1. The fourth-order valence-corrected chi connectivity index (χ4v) is 4.09. The van der Waals surface area contributed by atoms with E-state index in [2.05, 4.69) is 25.9 Å². The molecule has 7 heteroatoms. The zero-order valence-electron chi connectivity index (χ0n) is 16.5. The van der Waals surface area contributed by atoms with Gasteiger partial charge in [0, 0.05) is 31.1 Å². The fourth-order valence-electron chi connectivity index (χ4n) is 3.85. The molecule has 1 unspecified atom stereocenters. The minimum atomic E-state index is -0.363. The van der Waals surface area contributed by atoms with E-state index in [1.807, 2.05) is 43.3 Å². The average molecular weight is 448 g/mol. The quantitative estimate of drug-likeness (QED) is 0.490. The number of carbonyl (C=O) groups is 2. The van der Waals surface area contributed by atoms with Crippen molar-refractivity contribution in [2.45, 2.75) is 45.6 Å². The number of hydrogen-bond acceptors (Lipinski definition) is 5. The number of halogens is 1. The highest BCUT2D eigenvalue weighted by Crippen LogP contribution is 2.32. The van der Waals surface area contributed by atoms with Crippen LogP contribution in [-0.2, 0) is 14.3 Å². The molecule has 1 saturated heterocycles. The standard InChI is InChI=1S/C21H26BrN3O3/c1-13(2)16(10-20(26)28-3)21(27)25-8-4-5-18(25)17-9-15(12-23-17)14-6-7-19(22)24-11-14/h6-7,11-13,16,18H,4-5,8-10H2,1-3H3/t16-,18?/m0/s1. The van der Waals surface area contributed by atoms with Crippen molar-refractivity contribution in [2.24, 2.45) is 16.8 Å². The number of aromatic nitrogens is 1. The monoisotopic (exact) mass is 447 g/mol. The molecule has 1 amide bonds. The van der Waals surface area contributed by atoms with Crippen molar-refractivity contribution < 1.29 is 14.3 Å². The third-order valence-corrected chi connectivity index (χ3v) is 5.98. The maximum Gasteiger partial charge on any atom is 0.306 e. The van der Waals surface area contributed by atoms with Gasteiger partial charge in [0.15, 0.2) is 0 Å². The SMILES string of the molecule is COC(=O)C[C@H](C(=O)N1CCCC1C1=NC=C(c2ccc(Br)nc2)C1)C(C)C. The van der Waals surface area contributed by atoms with E-state index in [1.165, 1.54) is 7.11 Å². The van der Waals surface area contributed by atoms with Crippen molar-refractivity contribution in [3.8, 4) is 0 Å². The van der Waals surface area contributed by atoms with Crippen molar-refractivity contribution in [1.29, 1.82) is 0 Å². The smallest absolute Gasteiger partial charge is 0.306 e. The third kappa shape index (κ3) is 4.51. The van der Waals surface area contributed by atoms with Gasteiger partial charge in [-0.1, -0.05) is 19.9 Å². The van der Waals surface area contributed by atoms with Crippen LogP contribution in [0.5, 0.6) is 0 Å². The number of esters is 1. The Morgan fingerprint density at radius 3 is 2.79 bits per heavy atom. The van der Waals surface area contributed by atoms with Gasteiger partial charge < -0.3 is 9.64 Å². The number of hydrogen-bond donors (Lipinski definition) is 0. The van der Waals surface area contributed by atoms with E-state index in [-0.39, 0.29) is 36.2 Å². The first kappa shape index (κ1) is 20.7. The van der Waals surface area contributed by atoms with E-state index >= 15 is 0 Å². The molecule has 0 aliphatic carbocycles. The minimum Gasteiger partial charge on any atom is -0.469 e. The van der Waals surface area contributed by atoms with Crippen LogP contribution >= 0.6 is 15.9 Å². The maximum atomic E-state index is 13.2. The van der Waals surface area contributed by atoms with E-state index in [0.717, 1.165) is 40.7 Å². The summed E-state index contributed by atoms with van der Waals surface area (Å²) in [7, 11) is 1.36. The number of methoxy groups -OCH3 is 1. The Balaban J connectivity index is 1.70. The maximum absolute atomic E-state index is 13.2. The number of carbonyl (C=O) groups excluding carboxylic acids is 2. The van der Waals surface area contributed by atoms with Crippen LogP contribution in [0.3, 0.4) is 0 Å². The van der Waals surface area contributed by atoms with Crippen LogP contribution in [0.2, 0.25) is 0 Å². The van der Waals surface area contributed by atoms with Gasteiger partial charge in [-0.15, -0.1) is 0 Å². The highest BCUT2D eigenvalue weighted by Gasteiger charge is 2.38. The lowest BCUT2D eigenvalue weighted by molar-refractivity contribution is -0.148. The summed E-state index contributed by atoms with van der Waals surface area (Å²) in [6, 6.07) is 3.94. The molecule has 2 atom stereocenters. The van der Waals surface area contributed by atoms with Crippen molar-refractivity contribution in [3.63, 3.8) is 0 Å². The molecule has 1 aromatic rings. The lowest BCUT2D eigenvalue weighted by atomic mass is 9.90. The Kier molecular flexibility index (Phi) is 6.65. The Morgan fingerprint density at radius 2 is 2.14 bits per heavy atom. The molecule has 150 valence electrons. The minimum absolute atomic E-state index is 0.00329. The van der Waals surface area contributed by atoms with Gasteiger partial charge >= 0.3 is 5.97 Å². The summed E-state index contributed by atoms with van der Waals surface area (Å²) in [5.41, 5.74) is 3.18. The molecular formula is C21H26BrN3O3. The van der Waals surface area contributed by atoms with E-state index in [0.29, 0.717) is 6.54 Å². The van der Waals surface area contributed by atoms with Gasteiger partial charge in [-0.3, -0.25) is 14.6 Å². The summed E-state index contributed by atoms with van der Waals surface area (Å²) in [4.78, 5) is 35.8. The van der Waals surface area contributed by atoms with Gasteiger partial charge in [-0.2, -0.15) is 0 Å². The van der Waals surface area contributed by atoms with Crippen molar-refractivity contribution >= 4 is 39.1 Å². The molecule has 1 aromatic heterocycles. The van der Waals surface area contributed by atoms with E-state index < -0.39 is 0 Å². The highest BCUT2D eigenvalue weighted by molar-refractivity contribution is 9.10. The largest absolute Gasteiger partial charge is 0.469 e. The fraction of sp³-hybridized carbons (Fsp3) is 0.524. The molecule has 2 aliphatic heterocycles. The van der Waals surface area contributed by atoms with Gasteiger partial charge in [0.05, 0.1) is 25.5 Å². The van der Waals surface area contributed by atoms with Gasteiger partial charge in [0.25, 0.3) is 0 Å². The second-order valence-corrected chi connectivity index (χ2v) is 8.45. The summed E-state index contributed by atoms with van der Waals surface area (Å²) in [6.45, 7) is 4.66. The predicted molar refractivity (Wildman–Crippen MR) is 112 cm³/mol. The Hall–Kier alpha value is -2.02. The zero-order chi connectivity index (χ0) is 20.3. The molecule has 1 fully saturated rings. The number of allylic oxidation sites excluding steroid dienone is 1. The number of aliphatic imine (C=N–C) groups is 1. The second kappa shape index (κ2) is 8.99. The van der Waals surface area contributed by atoms with Crippen LogP contribution in [0.4, 0.5) is 0 Å². The molecule has 0 saturated carbocycles. The zero-order valence-corrected chi connectivity index (χ0v) is 18.1. The van der Waals surface area contributed by atoms with E-state index in [1.54, 1.807) is 0 Å². The molecule has 0 spiro atoms. The number of nitrogens with zero attached hydrogens (tertiary/aromatic N) is 3. The highest BCUT2D eigenvalue weighted by atomic mass is 79.9. The summed E-state index contributed by atoms with van der Waals surface area (Å²) in [5.74, 6) is -0.601. The van der Waals surface area contributed by atoms with E-state index in [9.17, 15) is 9.59 Å². The van der Waals surface area contributed by atoms with Crippen molar-refractivity contribution in [1.82, 2.24) is 9.88 Å². The van der Waals surface area contributed by atoms with E-state index in [4.69, 9.17) is 4.74 Å². The lowest BCUT2D eigenvalue weighted by Gasteiger charge is -2.30. The van der Waals surface area contributed by atoms with Crippen LogP contribution in [0, 0.1) is 11.8 Å². The summed E-state index contributed by atoms with van der Waals surface area (Å²) in [5, 5.41) is 0. The van der Waals surface area contributed by atoms with Crippen LogP contribution in [0.25, 0.3) is 5.57 Å². The van der Waals surface area contributed by atoms with Gasteiger partial charge in [-0.05, 0) is 51.9 Å². The van der Waals surface area contributed by atoms with Crippen LogP contribution < -0.4 is 0 Å². The first-order valence-electron chi connectivity index (χ1n) is 9.65. The molecule has 6 nitrogen and oxygen atoms in total. The van der Waals surface area contributed by atoms with Gasteiger partial charge in [0.1, 0.15) is 4.60 Å². The Labute approximate surface area is 174 Å². The molecule has 0 N–H and O–H groups in total. The Bertz CT molecular complexity index is 802. The molecule has 3 rings (SSSR count). The summed E-state index contributed by atoms with van der Waals surface area (Å²) in [6.07, 6.45) is 6.42. The number of pyridine rings is 1. The number of rotatable bonds is 6. The molecule has 28 heavy (non-hydrogen) atoms. The summed E-state index contributed by atoms with van der Waals surface area (Å²) < 4.78 is 5.59. The Morgan fingerprint density at radius 1 is 1.36 bits per heavy atom. The first-order valence-corrected chi connectivity index (χ1v) is 10.4. The third-order valence-electron chi connectivity index (χ3n) is 5.51. The average Bonchev–Trinajstić information content (AvgIpc) is 3.34. The normalized spacial score (nSPS) is 20.2. The molecule has 0 bridgehead atoms. The van der Waals surface area contributed by atoms with Crippen LogP contribution in [0.15, 0.2) is 34.1 Å². The molecular weight excluding hydrogens is 422 g/mol. The van der Waals surface area contributed by atoms with Gasteiger partial charge in [-0.25, -0.2) is 4.98 Å². The van der Waals surface area contributed by atoms with Crippen LogP contribution in [-0.4, -0.2) is 47.2 Å². The molecule has 0 radical (unpaired) electrons. The number of amides is 1. The topological polar surface area (TPSA) is 71.9 Å². The first-order chi connectivity index (χ1) is 13.4. The van der Waals surface area contributed by atoms with Gasteiger partial charge in [0.2, 0.25) is 5.91 Å². The molecule has 3 heterocycles. The predicted octanol–water partition coefficient (Wildman–Crippen LogP) is 3.86.